The molecular formula is C9H3F3O. The number of carbonyl (C=O) groups excluding carboxylic acids is 1. The minimum atomic E-state index is -1.54. The van der Waals surface area contributed by atoms with Crippen LogP contribution in [0.15, 0.2) is 12.1 Å². The number of hydrogen-bond acceptors (Lipinski definition) is 1. The largest absolute Gasteiger partial charge is 0.289 e. The van der Waals surface area contributed by atoms with E-state index in [4.69, 9.17) is 0 Å². The van der Waals surface area contributed by atoms with Gasteiger partial charge in [0.1, 0.15) is 0 Å². The third-order valence-electron chi connectivity index (χ3n) is 1.26. The summed E-state index contributed by atoms with van der Waals surface area (Å²) < 4.78 is 37.4. The van der Waals surface area contributed by atoms with Crippen LogP contribution in [0, 0.1) is 29.3 Å². The van der Waals surface area contributed by atoms with Crippen LogP contribution in [-0.2, 0) is 4.79 Å². The number of rotatable bonds is 0. The van der Waals surface area contributed by atoms with Gasteiger partial charge < -0.3 is 0 Å². The third-order valence-corrected chi connectivity index (χ3v) is 1.26. The zero-order valence-corrected chi connectivity index (χ0v) is 6.27. The van der Waals surface area contributed by atoms with Crippen LogP contribution < -0.4 is 0 Å². The minimum absolute atomic E-state index is 0.0801. The summed E-state index contributed by atoms with van der Waals surface area (Å²) in [7, 11) is 0. The summed E-state index contributed by atoms with van der Waals surface area (Å²) in [6.45, 7) is 0. The van der Waals surface area contributed by atoms with Crippen molar-refractivity contribution in [3.8, 4) is 11.8 Å². The van der Waals surface area contributed by atoms with Gasteiger partial charge in [-0.2, -0.15) is 0 Å². The molecule has 0 spiro atoms. The molecule has 0 aliphatic heterocycles. The van der Waals surface area contributed by atoms with Crippen molar-refractivity contribution < 1.29 is 18.0 Å². The highest BCUT2D eigenvalue weighted by Crippen LogP contribution is 2.12. The zero-order valence-electron chi connectivity index (χ0n) is 6.27. The monoisotopic (exact) mass is 184 g/mol. The molecule has 0 aliphatic carbocycles. The normalized spacial score (nSPS) is 8.85. The lowest BCUT2D eigenvalue weighted by molar-refractivity contribution is -0.103. The van der Waals surface area contributed by atoms with E-state index in [2.05, 4.69) is 5.92 Å². The van der Waals surface area contributed by atoms with Gasteiger partial charge in [0.2, 0.25) is 0 Å². The molecule has 0 heterocycles. The van der Waals surface area contributed by atoms with Gasteiger partial charge >= 0.3 is 0 Å². The molecule has 1 aromatic carbocycles. The molecule has 1 rings (SSSR count). The Morgan fingerprint density at radius 3 is 2.15 bits per heavy atom. The van der Waals surface area contributed by atoms with Crippen molar-refractivity contribution >= 4 is 6.29 Å². The van der Waals surface area contributed by atoms with Crippen molar-refractivity contribution in [1.82, 2.24) is 0 Å². The van der Waals surface area contributed by atoms with Crippen molar-refractivity contribution in [2.75, 3.05) is 0 Å². The topological polar surface area (TPSA) is 17.1 Å². The summed E-state index contributed by atoms with van der Waals surface area (Å²) in [4.78, 5) is 9.78. The van der Waals surface area contributed by atoms with Gasteiger partial charge in [0.15, 0.2) is 23.7 Å². The Balaban J connectivity index is 3.20. The average molecular weight is 184 g/mol. The van der Waals surface area contributed by atoms with Crippen molar-refractivity contribution in [3.63, 3.8) is 0 Å². The first-order valence-corrected chi connectivity index (χ1v) is 3.25. The van der Waals surface area contributed by atoms with Crippen LogP contribution in [0.5, 0.6) is 0 Å². The van der Waals surface area contributed by atoms with Crippen LogP contribution in [0.3, 0.4) is 0 Å². The Kier molecular flexibility index (Phi) is 2.70. The summed E-state index contributed by atoms with van der Waals surface area (Å²) in [6, 6.07) is 1.43. The number of benzene rings is 1. The fourth-order valence-corrected chi connectivity index (χ4v) is 0.740. The van der Waals surface area contributed by atoms with E-state index in [9.17, 15) is 18.0 Å². The second-order valence-electron chi connectivity index (χ2n) is 2.14. The molecular weight excluding hydrogens is 181 g/mol. The van der Waals surface area contributed by atoms with Gasteiger partial charge in [-0.1, -0.05) is 5.92 Å². The first kappa shape index (κ1) is 9.33. The predicted molar refractivity (Wildman–Crippen MR) is 39.3 cm³/mol. The van der Waals surface area contributed by atoms with Crippen molar-refractivity contribution in [2.24, 2.45) is 0 Å². The van der Waals surface area contributed by atoms with Crippen molar-refractivity contribution in [1.29, 1.82) is 0 Å². The Labute approximate surface area is 72.2 Å². The van der Waals surface area contributed by atoms with Crippen LogP contribution in [0.25, 0.3) is 0 Å². The molecule has 0 radical (unpaired) electrons. The first-order chi connectivity index (χ1) is 6.15. The summed E-state index contributed by atoms with van der Waals surface area (Å²) in [6.07, 6.45) is 0.277. The predicted octanol–water partition coefficient (Wildman–Crippen LogP) is 1.65. The lowest BCUT2D eigenvalue weighted by Crippen LogP contribution is -1.91. The van der Waals surface area contributed by atoms with Gasteiger partial charge in [0, 0.05) is 5.56 Å². The van der Waals surface area contributed by atoms with Crippen LogP contribution in [0.1, 0.15) is 5.56 Å². The lowest BCUT2D eigenvalue weighted by atomic mass is 10.2. The average Bonchev–Trinajstić information content (AvgIpc) is 2.10. The molecule has 0 aromatic heterocycles. The van der Waals surface area contributed by atoms with Crippen LogP contribution in [0.4, 0.5) is 13.2 Å². The quantitative estimate of drug-likeness (QED) is 0.340. The minimum Gasteiger partial charge on any atom is -0.289 e. The van der Waals surface area contributed by atoms with E-state index in [0.29, 0.717) is 0 Å². The number of hydrogen-bond donors (Lipinski definition) is 0. The second kappa shape index (κ2) is 3.76. The molecule has 0 unspecified atom stereocenters. The van der Waals surface area contributed by atoms with Gasteiger partial charge in [0.05, 0.1) is 0 Å². The Hall–Kier alpha value is -1.76. The Morgan fingerprint density at radius 1 is 1.15 bits per heavy atom. The molecule has 1 aromatic rings. The lowest BCUT2D eigenvalue weighted by Gasteiger charge is -1.95. The summed E-state index contributed by atoms with van der Waals surface area (Å²) in [5.41, 5.74) is -0.0801. The number of halogens is 3. The molecule has 66 valence electrons. The van der Waals surface area contributed by atoms with Gasteiger partial charge in [-0.3, -0.25) is 4.79 Å². The highest BCUT2D eigenvalue weighted by molar-refractivity contribution is 5.73. The van der Waals surface area contributed by atoms with Crippen molar-refractivity contribution in [3.05, 3.63) is 35.1 Å². The van der Waals surface area contributed by atoms with Gasteiger partial charge in [0.25, 0.3) is 0 Å². The van der Waals surface area contributed by atoms with E-state index >= 15 is 0 Å². The van der Waals surface area contributed by atoms with Gasteiger partial charge in [-0.25, -0.2) is 13.2 Å². The van der Waals surface area contributed by atoms with Gasteiger partial charge in [-0.05, 0) is 18.1 Å². The van der Waals surface area contributed by atoms with Crippen LogP contribution in [0.2, 0.25) is 0 Å². The zero-order chi connectivity index (χ0) is 9.84. The maximum Gasteiger partial charge on any atom is 0.194 e. The molecule has 0 bridgehead atoms. The molecule has 0 amide bonds. The number of aldehydes is 1. The van der Waals surface area contributed by atoms with E-state index in [-0.39, 0.29) is 11.8 Å². The van der Waals surface area contributed by atoms with E-state index in [0.717, 1.165) is 12.1 Å². The maximum absolute atomic E-state index is 12.5. The standard InChI is InChI=1S/C9H3F3O/c10-7-4-6(2-1-3-13)5-8(11)9(7)12/h3-5H. The second-order valence-corrected chi connectivity index (χ2v) is 2.14. The van der Waals surface area contributed by atoms with Crippen LogP contribution >= 0.6 is 0 Å². The summed E-state index contributed by atoms with van der Waals surface area (Å²) in [5.74, 6) is -0.102. The molecule has 0 atom stereocenters. The van der Waals surface area contributed by atoms with Gasteiger partial charge in [-0.15, -0.1) is 0 Å². The van der Waals surface area contributed by atoms with Crippen LogP contribution in [-0.4, -0.2) is 6.29 Å². The molecule has 4 heteroatoms. The van der Waals surface area contributed by atoms with E-state index in [1.54, 1.807) is 0 Å². The molecule has 0 aliphatic rings. The summed E-state index contributed by atoms with van der Waals surface area (Å²) in [5, 5.41) is 0. The first-order valence-electron chi connectivity index (χ1n) is 3.25. The molecule has 0 fully saturated rings. The molecule has 0 N–H and O–H groups in total. The maximum atomic E-state index is 12.5. The number of carbonyl (C=O) groups is 1. The molecule has 1 nitrogen and oxygen atoms in total. The van der Waals surface area contributed by atoms with Crippen molar-refractivity contribution in [2.45, 2.75) is 0 Å². The highest BCUT2D eigenvalue weighted by Gasteiger charge is 2.08. The third kappa shape index (κ3) is 2.09. The Morgan fingerprint density at radius 2 is 1.69 bits per heavy atom. The molecule has 13 heavy (non-hydrogen) atoms. The molecule has 0 saturated heterocycles. The van der Waals surface area contributed by atoms with E-state index in [1.165, 1.54) is 0 Å². The fourth-order valence-electron chi connectivity index (χ4n) is 0.740. The SMILES string of the molecule is O=CC#Cc1cc(F)c(F)c(F)c1. The molecule has 0 saturated carbocycles. The fraction of sp³-hybridized carbons (Fsp3) is 0. The smallest absolute Gasteiger partial charge is 0.194 e. The summed E-state index contributed by atoms with van der Waals surface area (Å²) >= 11 is 0. The van der Waals surface area contributed by atoms with E-state index in [1.807, 2.05) is 5.92 Å². The van der Waals surface area contributed by atoms with E-state index < -0.39 is 17.5 Å². The Bertz CT molecular complexity index is 378. The highest BCUT2D eigenvalue weighted by atomic mass is 19.2.